The van der Waals surface area contributed by atoms with Crippen molar-refractivity contribution in [2.75, 3.05) is 20.6 Å². The fraction of sp³-hybridized carbons (Fsp3) is 0.929. The zero-order chi connectivity index (χ0) is 12.7. The van der Waals surface area contributed by atoms with Gasteiger partial charge >= 0.3 is 0 Å². The van der Waals surface area contributed by atoms with Crippen molar-refractivity contribution < 1.29 is 4.79 Å². The summed E-state index contributed by atoms with van der Waals surface area (Å²) < 4.78 is 0. The van der Waals surface area contributed by atoms with E-state index in [1.54, 1.807) is 0 Å². The van der Waals surface area contributed by atoms with Crippen LogP contribution < -0.4 is 5.32 Å². The average Bonchev–Trinajstić information content (AvgIpc) is 2.24. The summed E-state index contributed by atoms with van der Waals surface area (Å²) in [6, 6.07) is 0.384. The molecule has 3 heteroatoms. The molecule has 0 saturated heterocycles. The minimum absolute atomic E-state index is 0.00663. The Morgan fingerprint density at radius 3 is 2.47 bits per heavy atom. The molecule has 0 radical (unpaired) electrons. The maximum Gasteiger partial charge on any atom is 0.138 e. The summed E-state index contributed by atoms with van der Waals surface area (Å²) >= 11 is 0. The van der Waals surface area contributed by atoms with Crippen LogP contribution in [0.25, 0.3) is 0 Å². The lowest BCUT2D eigenvalue weighted by Crippen LogP contribution is -2.54. The Balaban J connectivity index is 2.40. The van der Waals surface area contributed by atoms with Crippen LogP contribution in [0.5, 0.6) is 0 Å². The molecule has 100 valence electrons. The number of rotatable bonds is 9. The summed E-state index contributed by atoms with van der Waals surface area (Å²) in [5, 5.41) is 3.43. The molecule has 0 amide bonds. The lowest BCUT2D eigenvalue weighted by Gasteiger charge is -2.41. The van der Waals surface area contributed by atoms with Crippen LogP contribution in [0.3, 0.4) is 0 Å². The molecule has 0 aromatic carbocycles. The van der Waals surface area contributed by atoms with Gasteiger partial charge in [-0.2, -0.15) is 0 Å². The summed E-state index contributed by atoms with van der Waals surface area (Å²) in [4.78, 5) is 13.5. The molecule has 3 nitrogen and oxygen atoms in total. The van der Waals surface area contributed by atoms with Gasteiger partial charge in [0.1, 0.15) is 6.29 Å². The second kappa shape index (κ2) is 7.83. The lowest BCUT2D eigenvalue weighted by atomic mass is 9.76. The Bertz CT molecular complexity index is 214. The Hall–Kier alpha value is -0.410. The summed E-state index contributed by atoms with van der Waals surface area (Å²) in [5.74, 6) is 0.707. The van der Waals surface area contributed by atoms with Crippen LogP contribution in [-0.4, -0.2) is 43.9 Å². The number of nitrogens with zero attached hydrogens (tertiary/aromatic N) is 1. The van der Waals surface area contributed by atoms with Gasteiger partial charge in [-0.25, -0.2) is 0 Å². The highest BCUT2D eigenvalue weighted by Gasteiger charge is 2.34. The first-order valence-electron chi connectivity index (χ1n) is 7.05. The van der Waals surface area contributed by atoms with Gasteiger partial charge in [-0.1, -0.05) is 26.2 Å². The van der Waals surface area contributed by atoms with Crippen LogP contribution in [0.4, 0.5) is 0 Å². The molecule has 1 saturated carbocycles. The Labute approximate surface area is 106 Å². The van der Waals surface area contributed by atoms with E-state index in [1.807, 2.05) is 0 Å². The van der Waals surface area contributed by atoms with Crippen LogP contribution in [-0.2, 0) is 4.79 Å². The Kier molecular flexibility index (Phi) is 6.75. The number of likely N-dealkylation sites (N-methyl/N-ethyl adjacent to an activating group) is 1. The molecule has 17 heavy (non-hydrogen) atoms. The smallest absolute Gasteiger partial charge is 0.138 e. The highest BCUT2D eigenvalue weighted by Crippen LogP contribution is 2.32. The molecule has 2 unspecified atom stereocenters. The molecule has 1 fully saturated rings. The fourth-order valence-electron chi connectivity index (χ4n) is 2.71. The van der Waals surface area contributed by atoms with Gasteiger partial charge in [0.15, 0.2) is 0 Å². The van der Waals surface area contributed by atoms with Gasteiger partial charge in [0.05, 0.1) is 6.04 Å². The van der Waals surface area contributed by atoms with Crippen LogP contribution in [0.1, 0.15) is 45.4 Å². The third-order valence-corrected chi connectivity index (χ3v) is 3.90. The van der Waals surface area contributed by atoms with E-state index in [4.69, 9.17) is 0 Å². The number of unbranched alkanes of at least 4 members (excludes halogenated alkanes) is 2. The number of hydrogen-bond acceptors (Lipinski definition) is 3. The van der Waals surface area contributed by atoms with Gasteiger partial charge < -0.3 is 15.0 Å². The molecule has 0 aliphatic heterocycles. The molecule has 0 aromatic heterocycles. The average molecular weight is 240 g/mol. The standard InChI is InChI=1S/C14H28N2O/c1-4-5-6-10-15-13(11-17)14(16(2)3)12-8-7-9-12/h11-15H,4-10H2,1-3H3. The molecule has 1 aliphatic carbocycles. The highest BCUT2D eigenvalue weighted by molar-refractivity contribution is 5.59. The van der Waals surface area contributed by atoms with Crippen LogP contribution in [0, 0.1) is 5.92 Å². The maximum atomic E-state index is 11.3. The van der Waals surface area contributed by atoms with Crippen molar-refractivity contribution in [2.24, 2.45) is 5.92 Å². The van der Waals surface area contributed by atoms with E-state index in [1.165, 1.54) is 38.5 Å². The zero-order valence-electron chi connectivity index (χ0n) is 11.6. The molecule has 0 aromatic rings. The van der Waals surface area contributed by atoms with E-state index in [9.17, 15) is 4.79 Å². The van der Waals surface area contributed by atoms with E-state index in [0.29, 0.717) is 12.0 Å². The van der Waals surface area contributed by atoms with Crippen molar-refractivity contribution in [3.63, 3.8) is 0 Å². The zero-order valence-corrected chi connectivity index (χ0v) is 11.6. The van der Waals surface area contributed by atoms with Crippen molar-refractivity contribution >= 4 is 6.29 Å². The topological polar surface area (TPSA) is 32.3 Å². The summed E-state index contributed by atoms with van der Waals surface area (Å²) in [5.41, 5.74) is 0. The third kappa shape index (κ3) is 4.40. The first-order chi connectivity index (χ1) is 8.20. The molecular weight excluding hydrogens is 212 g/mol. The van der Waals surface area contributed by atoms with Gasteiger partial charge in [-0.15, -0.1) is 0 Å². The van der Waals surface area contributed by atoms with Crippen molar-refractivity contribution in [2.45, 2.75) is 57.5 Å². The van der Waals surface area contributed by atoms with Gasteiger partial charge in [0.2, 0.25) is 0 Å². The number of nitrogens with one attached hydrogen (secondary N) is 1. The van der Waals surface area contributed by atoms with Crippen molar-refractivity contribution in [3.05, 3.63) is 0 Å². The van der Waals surface area contributed by atoms with E-state index < -0.39 is 0 Å². The summed E-state index contributed by atoms with van der Waals surface area (Å²) in [6.07, 6.45) is 8.65. The van der Waals surface area contributed by atoms with Crippen molar-refractivity contribution in [1.82, 2.24) is 10.2 Å². The predicted octanol–water partition coefficient (Wildman–Crippen LogP) is 2.06. The second-order valence-corrected chi connectivity index (χ2v) is 5.47. The summed E-state index contributed by atoms with van der Waals surface area (Å²) in [7, 11) is 4.18. The van der Waals surface area contributed by atoms with Gasteiger partial charge in [-0.3, -0.25) is 0 Å². The van der Waals surface area contributed by atoms with Crippen LogP contribution in [0.15, 0.2) is 0 Å². The lowest BCUT2D eigenvalue weighted by molar-refractivity contribution is -0.111. The number of hydrogen-bond donors (Lipinski definition) is 1. The monoisotopic (exact) mass is 240 g/mol. The SMILES string of the molecule is CCCCCNC(C=O)C(C1CCC1)N(C)C. The molecule has 1 aliphatic rings. The highest BCUT2D eigenvalue weighted by atomic mass is 16.1. The number of carbonyl (C=O) groups excluding carboxylic acids is 1. The maximum absolute atomic E-state index is 11.3. The van der Waals surface area contributed by atoms with E-state index in [-0.39, 0.29) is 6.04 Å². The first-order valence-corrected chi connectivity index (χ1v) is 7.05. The van der Waals surface area contributed by atoms with Crippen molar-refractivity contribution in [1.29, 1.82) is 0 Å². The number of aldehydes is 1. The Morgan fingerprint density at radius 2 is 2.06 bits per heavy atom. The fourth-order valence-corrected chi connectivity index (χ4v) is 2.71. The molecule has 0 bridgehead atoms. The minimum atomic E-state index is 0.00663. The van der Waals surface area contributed by atoms with E-state index >= 15 is 0 Å². The molecular formula is C14H28N2O. The summed E-state index contributed by atoms with van der Waals surface area (Å²) in [6.45, 7) is 3.17. The van der Waals surface area contributed by atoms with Gasteiger partial charge in [0, 0.05) is 6.04 Å². The molecule has 1 rings (SSSR count). The van der Waals surface area contributed by atoms with E-state index in [0.717, 1.165) is 12.8 Å². The van der Waals surface area contributed by atoms with Gasteiger partial charge in [0.25, 0.3) is 0 Å². The quantitative estimate of drug-likeness (QED) is 0.494. The van der Waals surface area contributed by atoms with Crippen LogP contribution >= 0.6 is 0 Å². The molecule has 1 N–H and O–H groups in total. The number of carbonyl (C=O) groups is 1. The van der Waals surface area contributed by atoms with Gasteiger partial charge in [-0.05, 0) is 45.8 Å². The Morgan fingerprint density at radius 1 is 1.35 bits per heavy atom. The minimum Gasteiger partial charge on any atom is -0.306 e. The van der Waals surface area contributed by atoms with Crippen molar-refractivity contribution in [3.8, 4) is 0 Å². The predicted molar refractivity (Wildman–Crippen MR) is 72.2 cm³/mol. The molecule has 0 heterocycles. The second-order valence-electron chi connectivity index (χ2n) is 5.47. The third-order valence-electron chi connectivity index (χ3n) is 3.90. The molecule has 2 atom stereocenters. The molecule has 0 spiro atoms. The first kappa shape index (κ1) is 14.7. The normalized spacial score (nSPS) is 20.0. The van der Waals surface area contributed by atoms with E-state index in [2.05, 4.69) is 31.2 Å². The largest absolute Gasteiger partial charge is 0.306 e. The van der Waals surface area contributed by atoms with Crippen LogP contribution in [0.2, 0.25) is 0 Å².